The van der Waals surface area contributed by atoms with E-state index in [0.717, 1.165) is 21.6 Å². The molecule has 0 saturated carbocycles. The summed E-state index contributed by atoms with van der Waals surface area (Å²) in [6.45, 7) is 0.883. The summed E-state index contributed by atoms with van der Waals surface area (Å²) < 4.78 is 21.0. The maximum absolute atomic E-state index is 13.9. The average Bonchev–Trinajstić information content (AvgIpc) is 3.10. The van der Waals surface area contributed by atoms with Crippen molar-refractivity contribution in [1.82, 2.24) is 0 Å². The second-order valence-electron chi connectivity index (χ2n) is 6.38. The molecule has 4 rings (SSSR count). The van der Waals surface area contributed by atoms with Crippen molar-refractivity contribution in [2.45, 2.75) is 9.79 Å². The van der Waals surface area contributed by atoms with Crippen molar-refractivity contribution >= 4 is 60.0 Å². The van der Waals surface area contributed by atoms with Gasteiger partial charge in [-0.25, -0.2) is 8.57 Å². The van der Waals surface area contributed by atoms with E-state index in [9.17, 15) is 14.1 Å². The van der Waals surface area contributed by atoms with Gasteiger partial charge < -0.3 is 10.2 Å². The summed E-state index contributed by atoms with van der Waals surface area (Å²) in [6.07, 6.45) is 0. The number of rotatable bonds is 5. The summed E-state index contributed by atoms with van der Waals surface area (Å²) in [7, 11) is -2.87. The summed E-state index contributed by atoms with van der Waals surface area (Å²) in [6, 6.07) is 16.2. The topological polar surface area (TPSA) is 90.2 Å². The maximum atomic E-state index is 13.9. The number of hydrogen-bond donors (Lipinski definition) is 2. The summed E-state index contributed by atoms with van der Waals surface area (Å²) in [4.78, 5) is 12.1. The molecule has 0 saturated heterocycles. The molecule has 0 bridgehead atoms. The first-order chi connectivity index (χ1) is 13.9. The van der Waals surface area contributed by atoms with Crippen LogP contribution in [0.2, 0.25) is 0 Å². The minimum absolute atomic E-state index is 0.0295. The number of carbonyl (C=O) groups is 1. The zero-order valence-corrected chi connectivity index (χ0v) is 18.3. The maximum Gasteiger partial charge on any atom is 0.313 e. The van der Waals surface area contributed by atoms with Crippen LogP contribution in [0.5, 0.6) is 5.75 Å². The van der Waals surface area contributed by atoms with E-state index in [2.05, 4.69) is 20.3 Å². The molecule has 1 heterocycles. The number of benzene rings is 3. The molecule has 1 unspecified atom stereocenters. The van der Waals surface area contributed by atoms with Gasteiger partial charge in [-0.05, 0) is 30.3 Å². The molecule has 0 fully saturated rings. The van der Waals surface area contributed by atoms with E-state index in [1.54, 1.807) is 34.6 Å². The third-order valence-electron chi connectivity index (χ3n) is 4.57. The highest BCUT2D eigenvalue weighted by molar-refractivity contribution is 9.10. The first kappa shape index (κ1) is 20.1. The predicted octanol–water partition coefficient (Wildman–Crippen LogP) is 4.75. The van der Waals surface area contributed by atoms with Gasteiger partial charge in [-0.3, -0.25) is 9.10 Å². The van der Waals surface area contributed by atoms with Crippen molar-refractivity contribution in [1.29, 1.82) is 0 Å². The highest BCUT2D eigenvalue weighted by atomic mass is 79.9. The third kappa shape index (κ3) is 3.70. The van der Waals surface area contributed by atoms with Crippen molar-refractivity contribution in [3.05, 3.63) is 59.1 Å². The molecule has 2 N–H and O–H groups in total. The normalized spacial score (nSPS) is 18.7. The number of phenols is 1. The summed E-state index contributed by atoms with van der Waals surface area (Å²) in [5.41, 5.74) is 0.667. The van der Waals surface area contributed by atoms with Crippen molar-refractivity contribution < 1.29 is 19.2 Å². The SMILES string of the molecule is O=C(O)CSc1cc(N2CCN=S2(=O)c2ccc(Br)cc2)c2ccccc2c1O. The minimum Gasteiger partial charge on any atom is -0.506 e. The molecule has 0 radical (unpaired) electrons. The van der Waals surface area contributed by atoms with Crippen LogP contribution in [0.3, 0.4) is 0 Å². The molecule has 0 spiro atoms. The van der Waals surface area contributed by atoms with Gasteiger partial charge in [-0.2, -0.15) is 0 Å². The molecule has 0 aromatic heterocycles. The Morgan fingerprint density at radius 3 is 2.55 bits per heavy atom. The zero-order valence-electron chi connectivity index (χ0n) is 15.1. The van der Waals surface area contributed by atoms with Crippen molar-refractivity contribution in [3.8, 4) is 5.75 Å². The molecule has 0 aliphatic carbocycles. The lowest BCUT2D eigenvalue weighted by Crippen LogP contribution is -2.27. The number of aromatic hydroxyl groups is 1. The molecular formula is C20H17BrN2O4S2. The Bertz CT molecular complexity index is 1220. The van der Waals surface area contributed by atoms with E-state index >= 15 is 0 Å². The highest BCUT2D eigenvalue weighted by Gasteiger charge is 2.30. The van der Waals surface area contributed by atoms with Crippen molar-refractivity contribution in [2.24, 2.45) is 4.36 Å². The van der Waals surface area contributed by atoms with Gasteiger partial charge in [0.05, 0.1) is 34.3 Å². The molecule has 29 heavy (non-hydrogen) atoms. The van der Waals surface area contributed by atoms with Crippen LogP contribution < -0.4 is 4.31 Å². The Morgan fingerprint density at radius 1 is 1.17 bits per heavy atom. The van der Waals surface area contributed by atoms with E-state index in [0.29, 0.717) is 34.0 Å². The number of fused-ring (bicyclic) bond motifs is 1. The first-order valence-electron chi connectivity index (χ1n) is 8.75. The van der Waals surface area contributed by atoms with Gasteiger partial charge in [0.2, 0.25) is 0 Å². The highest BCUT2D eigenvalue weighted by Crippen LogP contribution is 2.43. The summed E-state index contributed by atoms with van der Waals surface area (Å²) >= 11 is 4.43. The lowest BCUT2D eigenvalue weighted by molar-refractivity contribution is -0.133. The largest absolute Gasteiger partial charge is 0.506 e. The van der Waals surface area contributed by atoms with Crippen LogP contribution in [-0.4, -0.2) is 39.2 Å². The quantitative estimate of drug-likeness (QED) is 0.501. The number of halogens is 1. The van der Waals surface area contributed by atoms with E-state index in [1.165, 1.54) is 0 Å². The standard InChI is InChI=1S/C20H17BrN2O4S2/c21-13-5-7-14(8-6-13)29(27)22-9-10-23(29)17-11-18(28-12-19(24)25)20(26)16-4-2-1-3-15(16)17/h1-8,11,26H,9-10,12H2,(H,24,25). The van der Waals surface area contributed by atoms with Crippen LogP contribution in [0.25, 0.3) is 10.8 Å². The smallest absolute Gasteiger partial charge is 0.313 e. The molecule has 150 valence electrons. The Balaban J connectivity index is 1.89. The molecular weight excluding hydrogens is 476 g/mol. The van der Waals surface area contributed by atoms with Gasteiger partial charge in [-0.1, -0.05) is 40.2 Å². The van der Waals surface area contributed by atoms with Crippen LogP contribution in [0.1, 0.15) is 0 Å². The number of nitrogens with zero attached hydrogens (tertiary/aromatic N) is 2. The van der Waals surface area contributed by atoms with Gasteiger partial charge in [0.15, 0.2) is 9.92 Å². The second kappa shape index (κ2) is 7.89. The Kier molecular flexibility index (Phi) is 5.46. The van der Waals surface area contributed by atoms with E-state index < -0.39 is 15.9 Å². The summed E-state index contributed by atoms with van der Waals surface area (Å²) in [5, 5.41) is 21.0. The summed E-state index contributed by atoms with van der Waals surface area (Å²) in [5.74, 6) is -1.13. The lowest BCUT2D eigenvalue weighted by atomic mass is 10.1. The molecule has 3 aromatic carbocycles. The molecule has 1 aliphatic heterocycles. The van der Waals surface area contributed by atoms with Crippen LogP contribution in [-0.2, 0) is 14.7 Å². The second-order valence-corrected chi connectivity index (χ2v) is 10.5. The number of anilines is 1. The fraction of sp³-hybridized carbons (Fsp3) is 0.150. The zero-order chi connectivity index (χ0) is 20.6. The van der Waals surface area contributed by atoms with Crippen molar-refractivity contribution in [2.75, 3.05) is 23.1 Å². The van der Waals surface area contributed by atoms with E-state index in [4.69, 9.17) is 5.11 Å². The fourth-order valence-electron chi connectivity index (χ4n) is 3.29. The van der Waals surface area contributed by atoms with Crippen LogP contribution in [0.15, 0.2) is 73.2 Å². The first-order valence-corrected chi connectivity index (χ1v) is 12.0. The predicted molar refractivity (Wildman–Crippen MR) is 119 cm³/mol. The molecule has 6 nitrogen and oxygen atoms in total. The number of carboxylic acid groups (broad SMARTS) is 1. The Labute approximate surface area is 181 Å². The van der Waals surface area contributed by atoms with E-state index in [1.807, 2.05) is 24.3 Å². The lowest BCUT2D eigenvalue weighted by Gasteiger charge is -2.25. The fourth-order valence-corrected chi connectivity index (χ4v) is 6.38. The Morgan fingerprint density at radius 2 is 1.86 bits per heavy atom. The molecule has 1 aliphatic rings. The molecule has 1 atom stereocenters. The van der Waals surface area contributed by atoms with E-state index in [-0.39, 0.29) is 11.5 Å². The average molecular weight is 493 g/mol. The van der Waals surface area contributed by atoms with Crippen LogP contribution in [0.4, 0.5) is 5.69 Å². The third-order valence-corrected chi connectivity index (χ3v) is 8.51. The molecule has 0 amide bonds. The van der Waals surface area contributed by atoms with Gasteiger partial charge in [-0.15, -0.1) is 11.8 Å². The number of hydrogen-bond acceptors (Lipinski definition) is 5. The van der Waals surface area contributed by atoms with Gasteiger partial charge in [0.1, 0.15) is 5.75 Å². The van der Waals surface area contributed by atoms with Crippen LogP contribution >= 0.6 is 27.7 Å². The minimum atomic E-state index is -2.87. The van der Waals surface area contributed by atoms with Gasteiger partial charge >= 0.3 is 5.97 Å². The Hall–Kier alpha value is -2.23. The number of carboxylic acids is 1. The number of aliphatic carboxylic acids is 1. The molecule has 3 aromatic rings. The monoisotopic (exact) mass is 492 g/mol. The van der Waals surface area contributed by atoms with Crippen molar-refractivity contribution in [3.63, 3.8) is 0 Å². The van der Waals surface area contributed by atoms with Gasteiger partial charge in [0, 0.05) is 15.2 Å². The van der Waals surface area contributed by atoms with Gasteiger partial charge in [0.25, 0.3) is 0 Å². The number of thioether (sulfide) groups is 1. The number of phenolic OH excluding ortho intramolecular Hbond substituents is 1. The van der Waals surface area contributed by atoms with Crippen LogP contribution in [0, 0.1) is 0 Å². The molecule has 9 heteroatoms.